The fourth-order valence-corrected chi connectivity index (χ4v) is 2.15. The Morgan fingerprint density at radius 1 is 1.04 bits per heavy atom. The Morgan fingerprint density at radius 2 is 1.60 bits per heavy atom. The van der Waals surface area contributed by atoms with E-state index in [4.69, 9.17) is 22.9 Å². The second-order valence-corrected chi connectivity index (χ2v) is 6.23. The molecule has 0 aliphatic heterocycles. The highest BCUT2D eigenvalue weighted by Crippen LogP contribution is 2.14. The van der Waals surface area contributed by atoms with E-state index in [1.165, 1.54) is 0 Å². The molecule has 0 saturated heterocycles. The summed E-state index contributed by atoms with van der Waals surface area (Å²) in [7, 11) is 0. The Balaban J connectivity index is 5.63. The van der Waals surface area contributed by atoms with Gasteiger partial charge >= 0.3 is 5.97 Å². The van der Waals surface area contributed by atoms with Gasteiger partial charge in [-0.15, -0.1) is 0 Å². The molecule has 0 saturated carbocycles. The second-order valence-electron chi connectivity index (χ2n) is 6.23. The van der Waals surface area contributed by atoms with Crippen LogP contribution in [0.3, 0.4) is 0 Å². The SMILES string of the molecule is CC(C)[C@H](N)C(=O)N(C(=O)[C@@H](N)CCCCN)[C@@H](CC(N)=O)C(=O)O. The standard InChI is InChI=1S/C15H29N5O5/c1-8(2)12(19)14(23)20(10(15(24)25)7-11(18)21)13(22)9(17)5-3-4-6-16/h8-10,12H,3-7,16-17,19H2,1-2H3,(H2,18,21)(H,24,25)/t9-,10-,12-/m0/s1. The van der Waals surface area contributed by atoms with Crippen molar-refractivity contribution in [3.63, 3.8) is 0 Å². The topological polar surface area (TPSA) is 196 Å². The van der Waals surface area contributed by atoms with Gasteiger partial charge in [0.25, 0.3) is 0 Å². The van der Waals surface area contributed by atoms with Crippen molar-refractivity contribution in [1.29, 1.82) is 0 Å². The van der Waals surface area contributed by atoms with Gasteiger partial charge < -0.3 is 28.0 Å². The Morgan fingerprint density at radius 3 is 2.00 bits per heavy atom. The maximum atomic E-state index is 12.6. The first-order chi connectivity index (χ1) is 11.5. The lowest BCUT2D eigenvalue weighted by Crippen LogP contribution is -2.59. The molecule has 0 bridgehead atoms. The molecule has 0 fully saturated rings. The highest BCUT2D eigenvalue weighted by atomic mass is 16.4. The van der Waals surface area contributed by atoms with Gasteiger partial charge in [0.2, 0.25) is 17.7 Å². The van der Waals surface area contributed by atoms with Crippen LogP contribution in [0.2, 0.25) is 0 Å². The zero-order valence-electron chi connectivity index (χ0n) is 14.7. The van der Waals surface area contributed by atoms with Gasteiger partial charge in [0.15, 0.2) is 0 Å². The molecule has 9 N–H and O–H groups in total. The number of carboxylic acids is 1. The summed E-state index contributed by atoms with van der Waals surface area (Å²) >= 11 is 0. The van der Waals surface area contributed by atoms with Crippen LogP contribution in [0, 0.1) is 5.92 Å². The average molecular weight is 359 g/mol. The van der Waals surface area contributed by atoms with Crippen molar-refractivity contribution in [1.82, 2.24) is 4.90 Å². The Hall–Kier alpha value is -2.04. The summed E-state index contributed by atoms with van der Waals surface area (Å²) in [6, 6.07) is -3.97. The van der Waals surface area contributed by atoms with Gasteiger partial charge in [-0.25, -0.2) is 4.79 Å². The van der Waals surface area contributed by atoms with Crippen molar-refractivity contribution in [3.8, 4) is 0 Å². The quantitative estimate of drug-likeness (QED) is 0.264. The van der Waals surface area contributed by atoms with Crippen LogP contribution in [0.4, 0.5) is 0 Å². The second kappa shape index (κ2) is 10.7. The molecule has 0 aliphatic carbocycles. The summed E-state index contributed by atoms with van der Waals surface area (Å²) in [5, 5.41) is 9.35. The van der Waals surface area contributed by atoms with Gasteiger partial charge in [-0.05, 0) is 25.3 Å². The van der Waals surface area contributed by atoms with Crippen LogP contribution in [0.5, 0.6) is 0 Å². The zero-order chi connectivity index (χ0) is 19.7. The Kier molecular flexibility index (Phi) is 9.87. The smallest absolute Gasteiger partial charge is 0.327 e. The molecule has 0 radical (unpaired) electrons. The normalized spacial score (nSPS) is 14.6. The number of primary amides is 1. The molecule has 0 aromatic carbocycles. The molecule has 144 valence electrons. The molecule has 3 amide bonds. The predicted molar refractivity (Wildman–Crippen MR) is 90.8 cm³/mol. The van der Waals surface area contributed by atoms with Crippen LogP contribution in [-0.2, 0) is 19.2 Å². The van der Waals surface area contributed by atoms with E-state index >= 15 is 0 Å². The number of rotatable bonds is 11. The van der Waals surface area contributed by atoms with Crippen molar-refractivity contribution in [2.45, 2.75) is 57.7 Å². The number of nitrogens with zero attached hydrogens (tertiary/aromatic N) is 1. The van der Waals surface area contributed by atoms with E-state index in [0.717, 1.165) is 0 Å². The number of hydrogen-bond donors (Lipinski definition) is 5. The van der Waals surface area contributed by atoms with Crippen molar-refractivity contribution in [2.24, 2.45) is 28.9 Å². The van der Waals surface area contributed by atoms with Crippen molar-refractivity contribution >= 4 is 23.7 Å². The van der Waals surface area contributed by atoms with E-state index in [2.05, 4.69) is 0 Å². The number of unbranched alkanes of at least 4 members (excludes halogenated alkanes) is 1. The molecule has 10 heteroatoms. The van der Waals surface area contributed by atoms with Crippen LogP contribution in [0.25, 0.3) is 0 Å². The molecule has 3 atom stereocenters. The number of hydrogen-bond acceptors (Lipinski definition) is 7. The number of nitrogens with two attached hydrogens (primary N) is 4. The van der Waals surface area contributed by atoms with Crippen LogP contribution in [0.15, 0.2) is 0 Å². The minimum Gasteiger partial charge on any atom is -0.480 e. The number of amides is 3. The molecular weight excluding hydrogens is 330 g/mol. The van der Waals surface area contributed by atoms with Gasteiger partial charge in [-0.3, -0.25) is 19.3 Å². The van der Waals surface area contributed by atoms with Gasteiger partial charge in [-0.1, -0.05) is 20.3 Å². The predicted octanol–water partition coefficient (Wildman–Crippen LogP) is -1.89. The fourth-order valence-electron chi connectivity index (χ4n) is 2.15. The van der Waals surface area contributed by atoms with Crippen LogP contribution in [-0.4, -0.2) is 58.4 Å². The monoisotopic (exact) mass is 359 g/mol. The molecule has 0 spiro atoms. The Bertz CT molecular complexity index is 497. The molecule has 10 nitrogen and oxygen atoms in total. The highest BCUT2D eigenvalue weighted by molar-refractivity contribution is 6.04. The summed E-state index contributed by atoms with van der Waals surface area (Å²) in [5.74, 6) is -4.65. The van der Waals surface area contributed by atoms with Gasteiger partial charge in [-0.2, -0.15) is 0 Å². The van der Waals surface area contributed by atoms with Crippen molar-refractivity contribution < 1.29 is 24.3 Å². The third kappa shape index (κ3) is 7.16. The molecule has 0 unspecified atom stereocenters. The number of carbonyl (C=O) groups excluding carboxylic acids is 3. The summed E-state index contributed by atoms with van der Waals surface area (Å²) in [6.07, 6.45) is 0.673. The zero-order valence-corrected chi connectivity index (χ0v) is 14.7. The molecule has 0 aromatic rings. The largest absolute Gasteiger partial charge is 0.480 e. The summed E-state index contributed by atoms with van der Waals surface area (Å²) < 4.78 is 0. The van der Waals surface area contributed by atoms with Gasteiger partial charge in [0.1, 0.15) is 6.04 Å². The molecule has 25 heavy (non-hydrogen) atoms. The highest BCUT2D eigenvalue weighted by Gasteiger charge is 2.40. The maximum Gasteiger partial charge on any atom is 0.327 e. The molecule has 0 rings (SSSR count). The number of carboxylic acid groups (broad SMARTS) is 1. The maximum absolute atomic E-state index is 12.6. The first-order valence-electron chi connectivity index (χ1n) is 8.13. The first kappa shape index (κ1) is 23.0. The fraction of sp³-hybridized carbons (Fsp3) is 0.733. The van der Waals surface area contributed by atoms with E-state index in [1.807, 2.05) is 0 Å². The third-order valence-electron chi connectivity index (χ3n) is 3.76. The summed E-state index contributed by atoms with van der Waals surface area (Å²) in [4.78, 5) is 48.4. The van der Waals surface area contributed by atoms with Crippen LogP contribution >= 0.6 is 0 Å². The average Bonchev–Trinajstić information content (AvgIpc) is 2.52. The lowest BCUT2D eigenvalue weighted by atomic mass is 10.00. The lowest BCUT2D eigenvalue weighted by molar-refractivity contribution is -0.160. The summed E-state index contributed by atoms with van der Waals surface area (Å²) in [6.45, 7) is 3.72. The first-order valence-corrected chi connectivity index (χ1v) is 8.13. The number of aliphatic carboxylic acids is 1. The van der Waals surface area contributed by atoms with E-state index in [-0.39, 0.29) is 12.3 Å². The van der Waals surface area contributed by atoms with E-state index in [0.29, 0.717) is 24.3 Å². The molecular formula is C15H29N5O5. The number of imide groups is 1. The third-order valence-corrected chi connectivity index (χ3v) is 3.76. The molecule has 0 aromatic heterocycles. The van der Waals surface area contributed by atoms with Crippen molar-refractivity contribution in [3.05, 3.63) is 0 Å². The van der Waals surface area contributed by atoms with Crippen LogP contribution in [0.1, 0.15) is 39.5 Å². The number of carbonyl (C=O) groups is 4. The van der Waals surface area contributed by atoms with E-state index in [9.17, 15) is 24.3 Å². The van der Waals surface area contributed by atoms with Gasteiger partial charge in [0, 0.05) is 0 Å². The van der Waals surface area contributed by atoms with Gasteiger partial charge in [0.05, 0.1) is 18.5 Å². The Labute approximate surface area is 146 Å². The van der Waals surface area contributed by atoms with Crippen molar-refractivity contribution in [2.75, 3.05) is 6.54 Å². The van der Waals surface area contributed by atoms with Crippen LogP contribution < -0.4 is 22.9 Å². The summed E-state index contributed by atoms with van der Waals surface area (Å²) in [5.41, 5.74) is 22.0. The van der Waals surface area contributed by atoms with E-state index < -0.39 is 48.2 Å². The minimum atomic E-state index is -1.75. The van der Waals surface area contributed by atoms with E-state index in [1.54, 1.807) is 13.8 Å². The minimum absolute atomic E-state index is 0.222. The lowest BCUT2D eigenvalue weighted by Gasteiger charge is -2.31. The molecule has 0 aliphatic rings. The molecule has 0 heterocycles.